The minimum Gasteiger partial charge on any atom is -0.207 e. The van der Waals surface area contributed by atoms with E-state index in [4.69, 9.17) is 0 Å². The zero-order valence-corrected chi connectivity index (χ0v) is 14.7. The van der Waals surface area contributed by atoms with Crippen LogP contribution in [0.5, 0.6) is 0 Å². The van der Waals surface area contributed by atoms with Crippen LogP contribution in [0, 0.1) is 24.4 Å². The van der Waals surface area contributed by atoms with Crippen LogP contribution in [0.1, 0.15) is 11.1 Å². The van der Waals surface area contributed by atoms with Gasteiger partial charge in [0, 0.05) is 11.1 Å². The molecule has 28 heavy (non-hydrogen) atoms. The largest absolute Gasteiger partial charge is 0.416 e. The summed E-state index contributed by atoms with van der Waals surface area (Å²) in [5, 5.41) is 0. The van der Waals surface area contributed by atoms with Gasteiger partial charge in [-0.2, -0.15) is 13.2 Å². The minimum atomic E-state index is -4.58. The van der Waals surface area contributed by atoms with Crippen LogP contribution in [0.25, 0.3) is 27.8 Å². The van der Waals surface area contributed by atoms with Crippen molar-refractivity contribution in [2.24, 2.45) is 0 Å². The van der Waals surface area contributed by atoms with Crippen molar-refractivity contribution >= 4 is 5.57 Å². The van der Waals surface area contributed by atoms with Crippen LogP contribution in [-0.2, 0) is 0 Å². The van der Waals surface area contributed by atoms with Crippen LogP contribution in [0.4, 0.5) is 26.3 Å². The van der Waals surface area contributed by atoms with E-state index in [2.05, 4.69) is 6.58 Å². The van der Waals surface area contributed by atoms with E-state index in [0.29, 0.717) is 5.56 Å². The fourth-order valence-electron chi connectivity index (χ4n) is 2.77. The van der Waals surface area contributed by atoms with Gasteiger partial charge in [-0.3, -0.25) is 0 Å². The van der Waals surface area contributed by atoms with Crippen molar-refractivity contribution in [2.45, 2.75) is 13.1 Å². The lowest BCUT2D eigenvalue weighted by atomic mass is 9.96. The van der Waals surface area contributed by atoms with Gasteiger partial charge in [-0.25, -0.2) is 13.2 Å². The molecule has 0 nitrogen and oxygen atoms in total. The molecule has 0 spiro atoms. The third kappa shape index (κ3) is 3.67. The quantitative estimate of drug-likeness (QED) is 0.410. The van der Waals surface area contributed by atoms with Gasteiger partial charge in [0.1, 0.15) is 5.82 Å². The van der Waals surface area contributed by atoms with Crippen molar-refractivity contribution < 1.29 is 26.3 Å². The molecular weight excluding hydrogens is 378 g/mol. The number of hydrogen-bond acceptors (Lipinski definition) is 0. The van der Waals surface area contributed by atoms with E-state index >= 15 is 0 Å². The number of aryl methyl sites for hydroxylation is 1. The number of rotatable bonds is 3. The minimum absolute atomic E-state index is 0.109. The summed E-state index contributed by atoms with van der Waals surface area (Å²) in [6, 6.07) is 11.5. The normalized spacial score (nSPS) is 11.5. The topological polar surface area (TPSA) is 0 Å². The fourth-order valence-corrected chi connectivity index (χ4v) is 2.77. The lowest BCUT2D eigenvalue weighted by Crippen LogP contribution is -2.09. The molecule has 3 aromatic rings. The van der Waals surface area contributed by atoms with E-state index in [9.17, 15) is 26.3 Å². The van der Waals surface area contributed by atoms with Gasteiger partial charge in [0.25, 0.3) is 0 Å². The Kier molecular flexibility index (Phi) is 5.06. The number of allylic oxidation sites excluding steroid dienone is 1. The van der Waals surface area contributed by atoms with E-state index < -0.39 is 29.2 Å². The molecule has 0 atom stereocenters. The van der Waals surface area contributed by atoms with Crippen LogP contribution in [0.15, 0.2) is 61.2 Å². The molecule has 0 saturated heterocycles. The Balaban J connectivity index is 1.99. The summed E-state index contributed by atoms with van der Waals surface area (Å²) in [7, 11) is 0. The standard InChI is InChI=1S/C22H14F6/c1-12-3-4-16(11-19(12)23)18-10-9-17(20(24)21(18)25)15-7-5-14(6-8-15)13(2)22(26,27)28/h3-11H,2H2,1H3. The van der Waals surface area contributed by atoms with Gasteiger partial charge in [0.2, 0.25) is 0 Å². The van der Waals surface area contributed by atoms with Crippen LogP contribution >= 0.6 is 0 Å². The van der Waals surface area contributed by atoms with Gasteiger partial charge in [0.05, 0.1) is 5.57 Å². The first-order chi connectivity index (χ1) is 13.1. The van der Waals surface area contributed by atoms with E-state index in [1.54, 1.807) is 6.92 Å². The van der Waals surface area contributed by atoms with Crippen molar-refractivity contribution in [3.05, 3.63) is 89.8 Å². The highest BCUT2D eigenvalue weighted by atomic mass is 19.4. The van der Waals surface area contributed by atoms with E-state index in [1.165, 1.54) is 36.4 Å². The molecule has 6 heteroatoms. The van der Waals surface area contributed by atoms with Crippen LogP contribution in [0.2, 0.25) is 0 Å². The monoisotopic (exact) mass is 392 g/mol. The first-order valence-corrected chi connectivity index (χ1v) is 8.21. The summed E-state index contributed by atoms with van der Waals surface area (Å²) in [6.45, 7) is 4.55. The molecule has 0 fully saturated rings. The number of alkyl halides is 3. The molecule has 0 aliphatic rings. The van der Waals surface area contributed by atoms with Gasteiger partial charge in [-0.1, -0.05) is 55.1 Å². The second-order valence-electron chi connectivity index (χ2n) is 6.31. The van der Waals surface area contributed by atoms with Crippen molar-refractivity contribution in [2.75, 3.05) is 0 Å². The molecular formula is C22H14F6. The Bertz CT molecular complexity index is 1050. The van der Waals surface area contributed by atoms with Gasteiger partial charge in [-0.15, -0.1) is 0 Å². The Hall–Kier alpha value is -3.02. The average molecular weight is 392 g/mol. The third-order valence-corrected chi connectivity index (χ3v) is 4.45. The zero-order valence-electron chi connectivity index (χ0n) is 14.7. The summed E-state index contributed by atoms with van der Waals surface area (Å²) in [5.74, 6) is -2.87. The van der Waals surface area contributed by atoms with Crippen molar-refractivity contribution in [3.63, 3.8) is 0 Å². The molecule has 0 unspecified atom stereocenters. The molecule has 0 bridgehead atoms. The maximum atomic E-state index is 14.6. The Labute approximate surface area is 157 Å². The molecule has 0 amide bonds. The molecule has 0 aromatic heterocycles. The van der Waals surface area contributed by atoms with Gasteiger partial charge in [0.15, 0.2) is 11.6 Å². The Morgan fingerprint density at radius 1 is 0.750 bits per heavy atom. The maximum absolute atomic E-state index is 14.6. The summed E-state index contributed by atoms with van der Waals surface area (Å²) in [4.78, 5) is 0. The highest BCUT2D eigenvalue weighted by Crippen LogP contribution is 2.35. The second kappa shape index (κ2) is 7.19. The van der Waals surface area contributed by atoms with Crippen LogP contribution in [0.3, 0.4) is 0 Å². The molecule has 0 heterocycles. The predicted molar refractivity (Wildman–Crippen MR) is 97.0 cm³/mol. The fraction of sp³-hybridized carbons (Fsp3) is 0.0909. The van der Waals surface area contributed by atoms with E-state index in [-0.39, 0.29) is 27.8 Å². The smallest absolute Gasteiger partial charge is 0.207 e. The maximum Gasteiger partial charge on any atom is 0.416 e. The van der Waals surface area contributed by atoms with E-state index in [0.717, 1.165) is 18.2 Å². The molecule has 0 saturated carbocycles. The molecule has 0 radical (unpaired) electrons. The van der Waals surface area contributed by atoms with Crippen molar-refractivity contribution in [3.8, 4) is 22.3 Å². The summed E-state index contributed by atoms with van der Waals surface area (Å²) < 4.78 is 81.0. The Morgan fingerprint density at radius 3 is 1.75 bits per heavy atom. The zero-order chi connectivity index (χ0) is 20.6. The summed E-state index contributed by atoms with van der Waals surface area (Å²) in [5.41, 5.74) is -0.645. The predicted octanol–water partition coefficient (Wildman–Crippen LogP) is 7.32. The number of benzene rings is 3. The first-order valence-electron chi connectivity index (χ1n) is 8.21. The van der Waals surface area contributed by atoms with Crippen molar-refractivity contribution in [1.29, 1.82) is 0 Å². The average Bonchev–Trinajstić information content (AvgIpc) is 2.65. The van der Waals surface area contributed by atoms with Gasteiger partial charge in [-0.05, 0) is 35.2 Å². The SMILES string of the molecule is C=C(c1ccc(-c2ccc(-c3ccc(C)c(F)c3)c(F)c2F)cc1)C(F)(F)F. The van der Waals surface area contributed by atoms with Crippen LogP contribution in [-0.4, -0.2) is 6.18 Å². The lowest BCUT2D eigenvalue weighted by molar-refractivity contribution is -0.0686. The summed E-state index contributed by atoms with van der Waals surface area (Å²) >= 11 is 0. The molecule has 3 rings (SSSR count). The molecule has 0 aliphatic carbocycles. The Morgan fingerprint density at radius 2 is 1.25 bits per heavy atom. The van der Waals surface area contributed by atoms with Gasteiger partial charge >= 0.3 is 6.18 Å². The number of halogens is 6. The third-order valence-electron chi connectivity index (χ3n) is 4.45. The molecule has 0 aliphatic heterocycles. The van der Waals surface area contributed by atoms with E-state index in [1.807, 2.05) is 0 Å². The van der Waals surface area contributed by atoms with Crippen molar-refractivity contribution in [1.82, 2.24) is 0 Å². The molecule has 0 N–H and O–H groups in total. The first kappa shape index (κ1) is 19.7. The van der Waals surface area contributed by atoms with Gasteiger partial charge < -0.3 is 0 Å². The second-order valence-corrected chi connectivity index (χ2v) is 6.31. The molecule has 3 aromatic carbocycles. The van der Waals surface area contributed by atoms with Crippen LogP contribution < -0.4 is 0 Å². The highest BCUT2D eigenvalue weighted by Gasteiger charge is 2.32. The lowest BCUT2D eigenvalue weighted by Gasteiger charge is -2.12. The highest BCUT2D eigenvalue weighted by molar-refractivity contribution is 5.74. The molecule has 144 valence electrons. The number of hydrogen-bond donors (Lipinski definition) is 0. The summed E-state index contributed by atoms with van der Waals surface area (Å²) in [6.07, 6.45) is -4.58.